The van der Waals surface area contributed by atoms with Gasteiger partial charge in [0, 0.05) is 11.1 Å². The van der Waals surface area contributed by atoms with Crippen LogP contribution in [-0.2, 0) is 29.7 Å². The Kier molecular flexibility index (Phi) is 7.55. The van der Waals surface area contributed by atoms with E-state index in [1.54, 1.807) is 74.5 Å². The van der Waals surface area contributed by atoms with Gasteiger partial charge in [0.25, 0.3) is 20.2 Å². The second kappa shape index (κ2) is 11.8. The van der Waals surface area contributed by atoms with Gasteiger partial charge in [0.05, 0.1) is 23.5 Å². The van der Waals surface area contributed by atoms with Gasteiger partial charge in [0.15, 0.2) is 9.49 Å². The Morgan fingerprint density at radius 3 is 1.32 bits per heavy atom. The molecule has 0 saturated carbocycles. The highest BCUT2D eigenvalue weighted by atomic mass is 32.2. The summed E-state index contributed by atoms with van der Waals surface area (Å²) < 4.78 is 86.1. The van der Waals surface area contributed by atoms with Gasteiger partial charge in [-0.3, -0.25) is 9.11 Å². The Bertz CT molecular complexity index is 2340. The van der Waals surface area contributed by atoms with E-state index in [-0.39, 0.29) is 56.2 Å². The Morgan fingerprint density at radius 2 is 1.00 bits per heavy atom. The Balaban J connectivity index is 1.55. The van der Waals surface area contributed by atoms with Gasteiger partial charge in [-0.05, 0) is 58.4 Å². The van der Waals surface area contributed by atoms with E-state index in [0.29, 0.717) is 22.3 Å². The first-order valence-electron chi connectivity index (χ1n) is 16.0. The lowest BCUT2D eigenvalue weighted by Gasteiger charge is -2.41. The topological polar surface area (TPSA) is 285 Å². The van der Waals surface area contributed by atoms with Gasteiger partial charge in [-0.25, -0.2) is 11.0 Å². The first-order chi connectivity index (χ1) is 24.5. The zero-order chi connectivity index (χ0) is 38.0. The Hall–Kier alpha value is -5.10. The summed E-state index contributed by atoms with van der Waals surface area (Å²) in [6.07, 6.45) is 0. The summed E-state index contributed by atoms with van der Waals surface area (Å²) in [5, 5.41) is 7.46. The second-order valence-electron chi connectivity index (χ2n) is 12.3. The van der Waals surface area contributed by atoms with E-state index in [2.05, 4.69) is 21.3 Å². The van der Waals surface area contributed by atoms with Crippen LogP contribution in [0.1, 0.15) is 44.5 Å². The van der Waals surface area contributed by atoms with Crippen molar-refractivity contribution in [2.45, 2.75) is 35.4 Å². The zero-order valence-electron chi connectivity index (χ0n) is 28.7. The monoisotopic (exact) mass is 714 g/mol. The van der Waals surface area contributed by atoms with Crippen molar-refractivity contribution in [2.75, 3.05) is 0 Å². The third-order valence-electron chi connectivity index (χ3n) is 9.88. The number of nitrogens with zero attached hydrogens (tertiary/aromatic N) is 2. The standard InChI is InChI=1S/C34H34N8O6S2/c1-17-15-19(33(49(43,44)45)25-9-5-3-7-23(25)27(35)29(41-39)31(33)37)11-13-21(17)22-14-12-20(16-18(22)2)34(50(46,47)48)26-10-6-4-8-24(26)28(36)30(42-40)32(34)38/h3-16,31-32,39-40H,35-38H2,1-2H3,(H,43,44,45)(H,46,47,48)/b41-39+,42-40+. The molecule has 2 aliphatic rings. The third kappa shape index (κ3) is 4.53. The summed E-state index contributed by atoms with van der Waals surface area (Å²) in [6, 6.07) is 18.8. The lowest BCUT2D eigenvalue weighted by molar-refractivity contribution is 0.422. The van der Waals surface area contributed by atoms with Crippen molar-refractivity contribution in [1.29, 1.82) is 11.0 Å². The predicted octanol–water partition coefficient (Wildman–Crippen LogP) is 4.23. The molecule has 16 heteroatoms. The first kappa shape index (κ1) is 32.1. The number of nitrogens with one attached hydrogen (secondary N) is 2. The number of nitrogens with two attached hydrogens (primary N) is 4. The van der Waals surface area contributed by atoms with Crippen LogP contribution in [0.3, 0.4) is 0 Å². The van der Waals surface area contributed by atoms with Crippen LogP contribution in [0, 0.1) is 24.9 Å². The number of rotatable bonds is 7. The number of benzene rings is 4. The second-order valence-corrected chi connectivity index (χ2v) is 15.5. The van der Waals surface area contributed by atoms with E-state index in [1.807, 2.05) is 0 Å². The molecular weight excluding hydrogens is 681 g/mol. The molecule has 0 aliphatic heterocycles. The molecule has 258 valence electrons. The predicted molar refractivity (Wildman–Crippen MR) is 187 cm³/mol. The van der Waals surface area contributed by atoms with Gasteiger partial charge in [-0.1, -0.05) is 84.9 Å². The van der Waals surface area contributed by atoms with Crippen LogP contribution in [-0.4, -0.2) is 38.0 Å². The molecule has 0 heterocycles. The number of fused-ring (bicyclic) bond motifs is 2. The maximum absolute atomic E-state index is 13.5. The molecule has 4 atom stereocenters. The van der Waals surface area contributed by atoms with Gasteiger partial charge < -0.3 is 22.9 Å². The van der Waals surface area contributed by atoms with Crippen molar-refractivity contribution < 1.29 is 28.8 Å². The number of hydrogen-bond acceptors (Lipinski definition) is 12. The third-order valence-corrected chi connectivity index (χ3v) is 12.9. The van der Waals surface area contributed by atoms with Gasteiger partial charge in [0.2, 0.25) is 2.82 Å². The summed E-state index contributed by atoms with van der Waals surface area (Å²) in [4.78, 5) is 0. The van der Waals surface area contributed by atoms with Crippen LogP contribution in [0.25, 0.3) is 22.5 Å². The molecule has 2 aliphatic carbocycles. The highest BCUT2D eigenvalue weighted by molar-refractivity contribution is 7.87. The Morgan fingerprint density at radius 1 is 0.640 bits per heavy atom. The quantitative estimate of drug-likeness (QED) is 0.0995. The molecule has 4 aromatic carbocycles. The highest BCUT2D eigenvalue weighted by Gasteiger charge is 2.58. The minimum atomic E-state index is -5.07. The van der Waals surface area contributed by atoms with E-state index in [4.69, 9.17) is 25.8 Å². The summed E-state index contributed by atoms with van der Waals surface area (Å²) in [7, 11) is -10.1. The number of hydrogen-bond donors (Lipinski definition) is 8. The van der Waals surface area contributed by atoms with E-state index < -0.39 is 41.8 Å². The average molecular weight is 715 g/mol. The van der Waals surface area contributed by atoms with Gasteiger partial charge in [-0.15, -0.1) is 0 Å². The van der Waals surface area contributed by atoms with E-state index >= 15 is 0 Å². The van der Waals surface area contributed by atoms with Gasteiger partial charge >= 0.3 is 0 Å². The fourth-order valence-electron chi connectivity index (χ4n) is 7.61. The molecule has 14 nitrogen and oxygen atoms in total. The van der Waals surface area contributed by atoms with Gasteiger partial charge in [0.1, 0.15) is 11.4 Å². The van der Waals surface area contributed by atoms with Crippen LogP contribution < -0.4 is 22.9 Å². The average Bonchev–Trinajstić information content (AvgIpc) is 3.08. The summed E-state index contributed by atoms with van der Waals surface area (Å²) in [6.45, 7) is 3.44. The zero-order valence-corrected chi connectivity index (χ0v) is 28.3. The molecule has 0 saturated heterocycles. The summed E-state index contributed by atoms with van der Waals surface area (Å²) in [5.74, 6) is 0. The summed E-state index contributed by atoms with van der Waals surface area (Å²) >= 11 is 0. The fraction of sp³-hybridized carbons (Fsp3) is 0.176. The molecule has 4 unspecified atom stereocenters. The molecular formula is C34H34N8O6S2. The lowest BCUT2D eigenvalue weighted by atomic mass is 9.74. The maximum Gasteiger partial charge on any atom is 0.281 e. The minimum Gasteiger partial charge on any atom is -0.397 e. The van der Waals surface area contributed by atoms with Crippen LogP contribution in [0.15, 0.2) is 107 Å². The van der Waals surface area contributed by atoms with Crippen molar-refractivity contribution in [3.8, 4) is 11.1 Å². The fourth-order valence-corrected chi connectivity index (χ4v) is 10.2. The van der Waals surface area contributed by atoms with Crippen LogP contribution in [0.2, 0.25) is 2.82 Å². The molecule has 6 rings (SSSR count). The molecule has 0 fully saturated rings. The largest absolute Gasteiger partial charge is 0.397 e. The SMILES string of the molecule is [H]/N=N/C1=C(N)c2ccccc2C(c2ccc(-c3ccc(C4(S(=O)(=O)O)c5ccccc5C(N)=C(/N=N/[H])C4N)cc3C)c(C)c2)(S(=O)(=O)O)C1N. The normalized spacial score (nSPS) is 24.7. The summed E-state index contributed by atoms with van der Waals surface area (Å²) in [5.41, 5.74) is 34.7. The van der Waals surface area contributed by atoms with E-state index in [1.165, 1.54) is 24.3 Å². The smallest absolute Gasteiger partial charge is 0.281 e. The maximum atomic E-state index is 13.5. The number of aryl methyl sites for hydroxylation is 2. The first-order valence-corrected chi connectivity index (χ1v) is 17.9. The highest BCUT2D eigenvalue weighted by Crippen LogP contribution is 2.51. The molecule has 50 heavy (non-hydrogen) atoms. The Labute approximate surface area is 291 Å². The molecule has 4 aromatic rings. The van der Waals surface area contributed by atoms with Crippen molar-refractivity contribution in [1.82, 2.24) is 0 Å². The van der Waals surface area contributed by atoms with Crippen molar-refractivity contribution >= 4 is 31.6 Å². The van der Waals surface area contributed by atoms with Crippen molar-refractivity contribution in [2.24, 2.45) is 33.2 Å². The van der Waals surface area contributed by atoms with E-state index in [0.717, 1.165) is 0 Å². The minimum absolute atomic E-state index is 0.0125. The molecule has 0 aromatic heterocycles. The van der Waals surface area contributed by atoms with Crippen molar-refractivity contribution in [3.63, 3.8) is 0 Å². The van der Waals surface area contributed by atoms with Crippen LogP contribution in [0.4, 0.5) is 0 Å². The molecule has 12 N–H and O–H groups in total. The lowest BCUT2D eigenvalue weighted by Crippen LogP contribution is -2.55. The molecule has 0 amide bonds. The van der Waals surface area contributed by atoms with Crippen LogP contribution >= 0.6 is 0 Å². The van der Waals surface area contributed by atoms with E-state index in [9.17, 15) is 25.9 Å². The molecule has 0 spiro atoms. The molecule has 0 bridgehead atoms. The van der Waals surface area contributed by atoms with Gasteiger partial charge in [-0.2, -0.15) is 27.1 Å². The van der Waals surface area contributed by atoms with Crippen LogP contribution in [0.5, 0.6) is 0 Å². The van der Waals surface area contributed by atoms with Crippen molar-refractivity contribution in [3.05, 3.63) is 141 Å². The molecule has 0 radical (unpaired) electrons.